The molecule has 3 rings (SSSR count). The van der Waals surface area contributed by atoms with Crippen LogP contribution in [-0.4, -0.2) is 5.91 Å². The molecule has 0 atom stereocenters. The van der Waals surface area contributed by atoms with Gasteiger partial charge in [0.1, 0.15) is 0 Å². The van der Waals surface area contributed by atoms with E-state index in [9.17, 15) is 4.79 Å². The van der Waals surface area contributed by atoms with E-state index in [1.165, 1.54) is 21.8 Å². The number of carbonyl (C=O) groups is 1. The molecule has 0 fully saturated rings. The Morgan fingerprint density at radius 1 is 1.00 bits per heavy atom. The molecule has 21 heavy (non-hydrogen) atoms. The SMILES string of the molecule is Cc1ccc(N(Cc2cccs2)C(=O)c2cccs2)cc1. The average molecular weight is 313 g/mol. The number of carbonyl (C=O) groups excluding carboxylic acids is 1. The molecule has 0 radical (unpaired) electrons. The third-order valence-electron chi connectivity index (χ3n) is 3.22. The fraction of sp³-hybridized carbons (Fsp3) is 0.118. The Labute approximate surface area is 132 Å². The van der Waals surface area contributed by atoms with Gasteiger partial charge in [0.05, 0.1) is 11.4 Å². The van der Waals surface area contributed by atoms with Crippen molar-refractivity contribution in [3.8, 4) is 0 Å². The minimum Gasteiger partial charge on any atom is -0.302 e. The maximum atomic E-state index is 12.8. The van der Waals surface area contributed by atoms with Crippen molar-refractivity contribution >= 4 is 34.3 Å². The number of hydrogen-bond donors (Lipinski definition) is 0. The van der Waals surface area contributed by atoms with Gasteiger partial charge in [-0.25, -0.2) is 0 Å². The van der Waals surface area contributed by atoms with Crippen molar-refractivity contribution in [1.29, 1.82) is 0 Å². The van der Waals surface area contributed by atoms with Gasteiger partial charge in [0.2, 0.25) is 0 Å². The Balaban J connectivity index is 1.94. The minimum atomic E-state index is 0.0576. The first-order valence-electron chi connectivity index (χ1n) is 6.68. The molecule has 1 amide bonds. The number of anilines is 1. The molecule has 4 heteroatoms. The number of hydrogen-bond acceptors (Lipinski definition) is 3. The van der Waals surface area contributed by atoms with Gasteiger partial charge in [-0.15, -0.1) is 22.7 Å². The Hall–Kier alpha value is -1.91. The van der Waals surface area contributed by atoms with Crippen LogP contribution in [0.4, 0.5) is 5.69 Å². The van der Waals surface area contributed by atoms with Crippen LogP contribution in [0, 0.1) is 6.92 Å². The van der Waals surface area contributed by atoms with Crippen LogP contribution in [0.2, 0.25) is 0 Å². The van der Waals surface area contributed by atoms with Gasteiger partial charge >= 0.3 is 0 Å². The summed E-state index contributed by atoms with van der Waals surface area (Å²) in [5, 5.41) is 3.98. The molecule has 2 nitrogen and oxygen atoms in total. The highest BCUT2D eigenvalue weighted by molar-refractivity contribution is 7.12. The Kier molecular flexibility index (Phi) is 4.18. The minimum absolute atomic E-state index is 0.0576. The molecular weight excluding hydrogens is 298 g/mol. The van der Waals surface area contributed by atoms with Gasteiger partial charge in [0.15, 0.2) is 0 Å². The van der Waals surface area contributed by atoms with E-state index < -0.39 is 0 Å². The molecule has 0 spiro atoms. The quantitative estimate of drug-likeness (QED) is 0.666. The van der Waals surface area contributed by atoms with Crippen LogP contribution in [0.5, 0.6) is 0 Å². The van der Waals surface area contributed by atoms with Crippen molar-refractivity contribution in [2.24, 2.45) is 0 Å². The molecule has 0 aliphatic heterocycles. The van der Waals surface area contributed by atoms with E-state index in [0.717, 1.165) is 10.6 Å². The van der Waals surface area contributed by atoms with E-state index in [-0.39, 0.29) is 5.91 Å². The molecule has 0 aliphatic rings. The number of nitrogens with zero attached hydrogens (tertiary/aromatic N) is 1. The van der Waals surface area contributed by atoms with Crippen LogP contribution in [-0.2, 0) is 6.54 Å². The highest BCUT2D eigenvalue weighted by Gasteiger charge is 2.19. The predicted molar refractivity (Wildman–Crippen MR) is 90.3 cm³/mol. The molecule has 0 saturated heterocycles. The highest BCUT2D eigenvalue weighted by Crippen LogP contribution is 2.24. The number of benzene rings is 1. The van der Waals surface area contributed by atoms with Crippen LogP contribution in [0.15, 0.2) is 59.3 Å². The average Bonchev–Trinajstić information content (AvgIpc) is 3.18. The Bertz CT molecular complexity index is 700. The molecule has 0 N–H and O–H groups in total. The number of thiophene rings is 2. The van der Waals surface area contributed by atoms with Crippen molar-refractivity contribution < 1.29 is 4.79 Å². The molecule has 0 unspecified atom stereocenters. The van der Waals surface area contributed by atoms with Crippen LogP contribution in [0.3, 0.4) is 0 Å². The van der Waals surface area contributed by atoms with Gasteiger partial charge in [0, 0.05) is 10.6 Å². The summed E-state index contributed by atoms with van der Waals surface area (Å²) in [6, 6.07) is 16.0. The topological polar surface area (TPSA) is 20.3 Å². The third kappa shape index (κ3) is 3.23. The summed E-state index contributed by atoms with van der Waals surface area (Å²) < 4.78 is 0. The molecule has 2 aromatic heterocycles. The zero-order chi connectivity index (χ0) is 14.7. The first-order valence-corrected chi connectivity index (χ1v) is 8.44. The van der Waals surface area contributed by atoms with Gasteiger partial charge in [-0.05, 0) is 41.9 Å². The van der Waals surface area contributed by atoms with E-state index in [1.54, 1.807) is 11.3 Å². The Morgan fingerprint density at radius 3 is 2.33 bits per heavy atom. The van der Waals surface area contributed by atoms with Gasteiger partial charge in [-0.2, -0.15) is 0 Å². The molecule has 3 aromatic rings. The second kappa shape index (κ2) is 6.24. The Morgan fingerprint density at radius 2 is 1.71 bits per heavy atom. The lowest BCUT2D eigenvalue weighted by Crippen LogP contribution is -2.29. The third-order valence-corrected chi connectivity index (χ3v) is 4.94. The number of rotatable bonds is 4. The maximum Gasteiger partial charge on any atom is 0.268 e. The second-order valence-corrected chi connectivity index (χ2v) is 6.76. The molecule has 0 bridgehead atoms. The maximum absolute atomic E-state index is 12.8. The number of aryl methyl sites for hydroxylation is 1. The molecule has 0 saturated carbocycles. The monoisotopic (exact) mass is 313 g/mol. The fourth-order valence-corrected chi connectivity index (χ4v) is 3.46. The predicted octanol–water partition coefficient (Wildman–Crippen LogP) is 4.97. The largest absolute Gasteiger partial charge is 0.302 e. The molecule has 106 valence electrons. The lowest BCUT2D eigenvalue weighted by molar-refractivity contribution is 0.0989. The lowest BCUT2D eigenvalue weighted by atomic mass is 10.2. The molecular formula is C17H15NOS2. The van der Waals surface area contributed by atoms with Crippen molar-refractivity contribution in [3.63, 3.8) is 0 Å². The van der Waals surface area contributed by atoms with E-state index in [4.69, 9.17) is 0 Å². The van der Waals surface area contributed by atoms with Gasteiger partial charge < -0.3 is 4.90 Å². The van der Waals surface area contributed by atoms with Gasteiger partial charge in [0.25, 0.3) is 5.91 Å². The van der Waals surface area contributed by atoms with Crippen LogP contribution >= 0.6 is 22.7 Å². The van der Waals surface area contributed by atoms with Crippen molar-refractivity contribution in [1.82, 2.24) is 0 Å². The first kappa shape index (κ1) is 14.0. The summed E-state index contributed by atoms with van der Waals surface area (Å²) in [5.74, 6) is 0.0576. The zero-order valence-electron chi connectivity index (χ0n) is 11.7. The normalized spacial score (nSPS) is 10.5. The summed E-state index contributed by atoms with van der Waals surface area (Å²) >= 11 is 3.16. The molecule has 1 aromatic carbocycles. The summed E-state index contributed by atoms with van der Waals surface area (Å²) in [4.78, 5) is 16.6. The van der Waals surface area contributed by atoms with Gasteiger partial charge in [-0.1, -0.05) is 29.8 Å². The second-order valence-electron chi connectivity index (χ2n) is 4.78. The highest BCUT2D eigenvalue weighted by atomic mass is 32.1. The molecule has 2 heterocycles. The standard InChI is InChI=1S/C17H15NOS2/c1-13-6-8-14(9-7-13)18(12-15-4-2-10-20-15)17(19)16-5-3-11-21-16/h2-11H,12H2,1H3. The lowest BCUT2D eigenvalue weighted by Gasteiger charge is -2.22. The van der Waals surface area contributed by atoms with Crippen molar-refractivity contribution in [2.45, 2.75) is 13.5 Å². The van der Waals surface area contributed by atoms with E-state index in [1.807, 2.05) is 58.1 Å². The van der Waals surface area contributed by atoms with Gasteiger partial charge in [-0.3, -0.25) is 4.79 Å². The smallest absolute Gasteiger partial charge is 0.268 e. The summed E-state index contributed by atoms with van der Waals surface area (Å²) in [5.41, 5.74) is 2.13. The zero-order valence-corrected chi connectivity index (χ0v) is 13.3. The van der Waals surface area contributed by atoms with Crippen molar-refractivity contribution in [2.75, 3.05) is 4.90 Å². The summed E-state index contributed by atoms with van der Waals surface area (Å²) in [7, 11) is 0. The fourth-order valence-electron chi connectivity index (χ4n) is 2.10. The summed E-state index contributed by atoms with van der Waals surface area (Å²) in [6.07, 6.45) is 0. The molecule has 0 aliphatic carbocycles. The summed E-state index contributed by atoms with van der Waals surface area (Å²) in [6.45, 7) is 2.66. The van der Waals surface area contributed by atoms with Crippen LogP contribution in [0.1, 0.15) is 20.1 Å². The van der Waals surface area contributed by atoms with Crippen LogP contribution < -0.4 is 4.90 Å². The van der Waals surface area contributed by atoms with E-state index in [0.29, 0.717) is 6.54 Å². The number of amides is 1. The van der Waals surface area contributed by atoms with Crippen molar-refractivity contribution in [3.05, 3.63) is 74.6 Å². The van der Waals surface area contributed by atoms with Crippen LogP contribution in [0.25, 0.3) is 0 Å². The first-order chi connectivity index (χ1) is 10.2. The van der Waals surface area contributed by atoms with E-state index >= 15 is 0 Å². The van der Waals surface area contributed by atoms with E-state index in [2.05, 4.69) is 13.0 Å².